The summed E-state index contributed by atoms with van der Waals surface area (Å²) >= 11 is 5.16. The van der Waals surface area contributed by atoms with Crippen LogP contribution in [0.2, 0.25) is 0 Å². The number of benzene rings is 1. The summed E-state index contributed by atoms with van der Waals surface area (Å²) in [6.45, 7) is 4.23. The molecule has 7 heteroatoms. The van der Waals surface area contributed by atoms with E-state index in [0.29, 0.717) is 10.7 Å². The highest BCUT2D eigenvalue weighted by Crippen LogP contribution is 2.31. The van der Waals surface area contributed by atoms with Crippen LogP contribution in [-0.2, 0) is 7.05 Å². The molecular formula is C14H18N4O2S. The molecule has 2 aromatic rings. The summed E-state index contributed by atoms with van der Waals surface area (Å²) in [5.41, 5.74) is 0.980. The van der Waals surface area contributed by atoms with E-state index in [2.05, 4.69) is 24.0 Å². The maximum Gasteiger partial charge on any atom is 0.269 e. The normalized spacial score (nSPS) is 12.6. The smallest absolute Gasteiger partial charge is 0.269 e. The molecule has 0 saturated heterocycles. The number of nitrogens with zero attached hydrogens (tertiary/aromatic N) is 3. The molecule has 0 radical (unpaired) electrons. The third kappa shape index (κ3) is 3.36. The fourth-order valence-electron chi connectivity index (χ4n) is 2.39. The second kappa shape index (κ2) is 6.17. The highest BCUT2D eigenvalue weighted by Gasteiger charge is 2.22. The Morgan fingerprint density at radius 3 is 2.71 bits per heavy atom. The molecule has 21 heavy (non-hydrogen) atoms. The van der Waals surface area contributed by atoms with Crippen LogP contribution >= 0.6 is 12.2 Å². The van der Waals surface area contributed by atoms with Gasteiger partial charge in [0.1, 0.15) is 5.82 Å². The van der Waals surface area contributed by atoms with E-state index in [9.17, 15) is 10.1 Å². The van der Waals surface area contributed by atoms with E-state index in [0.717, 1.165) is 17.8 Å². The van der Waals surface area contributed by atoms with Gasteiger partial charge in [0, 0.05) is 25.1 Å². The number of hydrogen-bond acceptors (Lipinski definition) is 4. The lowest BCUT2D eigenvalue weighted by molar-refractivity contribution is -0.384. The van der Waals surface area contributed by atoms with Gasteiger partial charge in [-0.2, -0.15) is 5.10 Å². The first kappa shape index (κ1) is 15.4. The van der Waals surface area contributed by atoms with Gasteiger partial charge in [-0.15, -0.1) is 0 Å². The first-order valence-electron chi connectivity index (χ1n) is 6.75. The summed E-state index contributed by atoms with van der Waals surface area (Å²) in [7, 11) is 1.85. The van der Waals surface area contributed by atoms with Gasteiger partial charge in [-0.25, -0.2) is 0 Å². The Kier molecular flexibility index (Phi) is 4.52. The Morgan fingerprint density at radius 2 is 2.19 bits per heavy atom. The SMILES string of the molecule is CC(C)CC(c1cccc([N+](=O)[O-])c1)c1n[nH]c(=S)n1C. The van der Waals surface area contributed by atoms with E-state index >= 15 is 0 Å². The summed E-state index contributed by atoms with van der Waals surface area (Å²) < 4.78 is 2.37. The van der Waals surface area contributed by atoms with Crippen LogP contribution in [-0.4, -0.2) is 19.7 Å². The molecule has 0 aliphatic heterocycles. The molecule has 0 spiro atoms. The molecule has 1 atom stereocenters. The van der Waals surface area contributed by atoms with Gasteiger partial charge in [-0.3, -0.25) is 15.2 Å². The van der Waals surface area contributed by atoms with E-state index < -0.39 is 0 Å². The van der Waals surface area contributed by atoms with E-state index in [1.165, 1.54) is 6.07 Å². The fourth-order valence-corrected chi connectivity index (χ4v) is 2.53. The van der Waals surface area contributed by atoms with Crippen molar-refractivity contribution in [1.82, 2.24) is 14.8 Å². The molecule has 0 fully saturated rings. The number of non-ortho nitro benzene ring substituents is 1. The molecule has 0 saturated carbocycles. The molecule has 1 unspecified atom stereocenters. The van der Waals surface area contributed by atoms with Gasteiger partial charge in [0.15, 0.2) is 4.77 Å². The number of aromatic amines is 1. The van der Waals surface area contributed by atoms with Crippen molar-refractivity contribution >= 4 is 17.9 Å². The maximum atomic E-state index is 11.0. The van der Waals surface area contributed by atoms with Gasteiger partial charge in [0.05, 0.1) is 4.92 Å². The van der Waals surface area contributed by atoms with Crippen LogP contribution in [0.15, 0.2) is 24.3 Å². The number of nitro groups is 1. The van der Waals surface area contributed by atoms with E-state index in [4.69, 9.17) is 12.2 Å². The number of nitrogens with one attached hydrogen (secondary N) is 1. The van der Waals surface area contributed by atoms with Crippen molar-refractivity contribution in [2.24, 2.45) is 13.0 Å². The summed E-state index contributed by atoms with van der Waals surface area (Å²) in [5.74, 6) is 1.21. The molecule has 112 valence electrons. The molecule has 1 aromatic carbocycles. The Morgan fingerprint density at radius 1 is 1.48 bits per heavy atom. The predicted molar refractivity (Wildman–Crippen MR) is 82.8 cm³/mol. The minimum absolute atomic E-state index is 0.0251. The van der Waals surface area contributed by atoms with Crippen LogP contribution < -0.4 is 0 Å². The Labute approximate surface area is 128 Å². The third-order valence-corrected chi connectivity index (χ3v) is 3.78. The molecule has 0 aliphatic carbocycles. The van der Waals surface area contributed by atoms with Crippen molar-refractivity contribution in [3.05, 3.63) is 50.5 Å². The number of hydrogen-bond donors (Lipinski definition) is 1. The maximum absolute atomic E-state index is 11.0. The topological polar surface area (TPSA) is 76.8 Å². The van der Waals surface area contributed by atoms with E-state index in [1.54, 1.807) is 12.1 Å². The minimum Gasteiger partial charge on any atom is -0.307 e. The van der Waals surface area contributed by atoms with Crippen LogP contribution in [0.1, 0.15) is 37.6 Å². The highest BCUT2D eigenvalue weighted by atomic mass is 32.1. The molecule has 1 heterocycles. The second-order valence-electron chi connectivity index (χ2n) is 5.48. The average Bonchev–Trinajstić information content (AvgIpc) is 2.76. The van der Waals surface area contributed by atoms with Gasteiger partial charge < -0.3 is 4.57 Å². The predicted octanol–water partition coefficient (Wildman–Crippen LogP) is 3.56. The van der Waals surface area contributed by atoms with Crippen molar-refractivity contribution in [3.8, 4) is 0 Å². The molecule has 0 amide bonds. The quantitative estimate of drug-likeness (QED) is 0.520. The van der Waals surface area contributed by atoms with Gasteiger partial charge in [0.2, 0.25) is 0 Å². The van der Waals surface area contributed by atoms with E-state index in [-0.39, 0.29) is 16.5 Å². The monoisotopic (exact) mass is 306 g/mol. The lowest BCUT2D eigenvalue weighted by Gasteiger charge is -2.18. The van der Waals surface area contributed by atoms with Gasteiger partial charge in [-0.1, -0.05) is 26.0 Å². The molecule has 1 aromatic heterocycles. The summed E-state index contributed by atoms with van der Waals surface area (Å²) in [4.78, 5) is 10.6. The van der Waals surface area contributed by atoms with Crippen LogP contribution in [0, 0.1) is 20.8 Å². The molecular weight excluding hydrogens is 288 g/mol. The zero-order chi connectivity index (χ0) is 15.6. The zero-order valence-electron chi connectivity index (χ0n) is 12.2. The van der Waals surface area contributed by atoms with Crippen LogP contribution in [0.25, 0.3) is 0 Å². The number of aromatic nitrogens is 3. The summed E-state index contributed by atoms with van der Waals surface area (Å²) in [6.07, 6.45) is 0.842. The fraction of sp³-hybridized carbons (Fsp3) is 0.429. The molecule has 1 N–H and O–H groups in total. The van der Waals surface area contributed by atoms with Crippen molar-refractivity contribution in [1.29, 1.82) is 0 Å². The molecule has 0 bridgehead atoms. The van der Waals surface area contributed by atoms with Gasteiger partial charge in [-0.05, 0) is 30.1 Å². The lowest BCUT2D eigenvalue weighted by Crippen LogP contribution is -2.11. The Bertz CT molecular complexity index is 705. The van der Waals surface area contributed by atoms with Gasteiger partial charge in [0.25, 0.3) is 5.69 Å². The lowest BCUT2D eigenvalue weighted by atomic mass is 9.89. The highest BCUT2D eigenvalue weighted by molar-refractivity contribution is 7.71. The molecule has 2 rings (SSSR count). The molecule has 6 nitrogen and oxygen atoms in total. The minimum atomic E-state index is -0.376. The third-order valence-electron chi connectivity index (χ3n) is 3.42. The van der Waals surface area contributed by atoms with Crippen molar-refractivity contribution in [2.75, 3.05) is 0 Å². The second-order valence-corrected chi connectivity index (χ2v) is 5.87. The first-order chi connectivity index (χ1) is 9.90. The summed E-state index contributed by atoms with van der Waals surface area (Å²) in [6, 6.07) is 6.73. The summed E-state index contributed by atoms with van der Waals surface area (Å²) in [5, 5.41) is 18.0. The Balaban J connectivity index is 2.50. The van der Waals surface area contributed by atoms with Crippen molar-refractivity contribution < 1.29 is 4.92 Å². The first-order valence-corrected chi connectivity index (χ1v) is 7.16. The number of H-pyrrole nitrogens is 1. The van der Waals surface area contributed by atoms with Crippen molar-refractivity contribution in [2.45, 2.75) is 26.2 Å². The van der Waals surface area contributed by atoms with E-state index in [1.807, 2.05) is 17.7 Å². The number of nitro benzene ring substituents is 1. The molecule has 0 aliphatic rings. The van der Waals surface area contributed by atoms with Gasteiger partial charge >= 0.3 is 0 Å². The number of rotatable bonds is 5. The average molecular weight is 306 g/mol. The Hall–Kier alpha value is -2.02. The zero-order valence-corrected chi connectivity index (χ0v) is 13.1. The largest absolute Gasteiger partial charge is 0.307 e. The van der Waals surface area contributed by atoms with Crippen molar-refractivity contribution in [3.63, 3.8) is 0 Å². The van der Waals surface area contributed by atoms with Crippen LogP contribution in [0.5, 0.6) is 0 Å². The van der Waals surface area contributed by atoms with Crippen LogP contribution in [0.3, 0.4) is 0 Å². The standard InChI is InChI=1S/C14H18N4O2S/c1-9(2)7-12(13-15-16-14(21)17(13)3)10-5-4-6-11(8-10)18(19)20/h4-6,8-9,12H,7H2,1-3H3,(H,16,21). The van der Waals surface area contributed by atoms with Crippen LogP contribution in [0.4, 0.5) is 5.69 Å².